The minimum Gasteiger partial charge on any atom is -0.328 e. The Morgan fingerprint density at radius 2 is 1.90 bits per heavy atom. The summed E-state index contributed by atoms with van der Waals surface area (Å²) >= 11 is 7.93. The summed E-state index contributed by atoms with van der Waals surface area (Å²) < 4.78 is -0.331. The minimum absolute atomic E-state index is 0.456. The molecule has 5 nitrogen and oxygen atoms in total. The smallest absolute Gasteiger partial charge is 0.328 e. The number of thioether (sulfide) groups is 2. The van der Waals surface area contributed by atoms with Gasteiger partial charge in [0.15, 0.2) is 0 Å². The van der Waals surface area contributed by atoms with Gasteiger partial charge in [-0.3, -0.25) is 9.59 Å². The number of carbonyl (C=O) groups excluding carboxylic acids is 3. The Hall–Kier alpha value is -0.860. The predicted molar refractivity (Wildman–Crippen MR) is 88.7 cm³/mol. The Balaban J connectivity index is 2.53. The molecule has 1 aliphatic rings. The highest BCUT2D eigenvalue weighted by Gasteiger charge is 2.37. The molecule has 0 N–H and O–H groups in total. The average Bonchev–Trinajstić information content (AvgIpc) is 2.70. The standard InChI is InChI=1S/C13H17NO4S3/c1-4-5-8-20-12(19)21-13(2,3)11(17)18-14-9(15)6-7-10(14)16/h6-7H,4-5,8H2,1-3H3. The van der Waals surface area contributed by atoms with Gasteiger partial charge in [0, 0.05) is 12.2 Å². The van der Waals surface area contributed by atoms with Gasteiger partial charge in [0.1, 0.15) is 8.28 Å². The third kappa shape index (κ3) is 5.44. The molecule has 0 saturated carbocycles. The summed E-state index contributed by atoms with van der Waals surface area (Å²) in [4.78, 5) is 39.7. The summed E-state index contributed by atoms with van der Waals surface area (Å²) in [6.07, 6.45) is 4.25. The van der Waals surface area contributed by atoms with Crippen LogP contribution < -0.4 is 0 Å². The lowest BCUT2D eigenvalue weighted by Crippen LogP contribution is -2.40. The third-order valence-electron chi connectivity index (χ3n) is 2.49. The number of hydroxylamine groups is 2. The second-order valence-corrected chi connectivity index (χ2v) is 8.67. The molecule has 0 aromatic rings. The number of nitrogens with zero attached hydrogens (tertiary/aromatic N) is 1. The SMILES string of the molecule is CCCCSC(=S)SC(C)(C)C(=O)ON1C(=O)C=CC1=O. The number of hydrogen-bond acceptors (Lipinski definition) is 7. The highest BCUT2D eigenvalue weighted by Crippen LogP contribution is 2.32. The number of amides is 2. The molecule has 0 bridgehead atoms. The zero-order valence-corrected chi connectivity index (χ0v) is 14.5. The van der Waals surface area contributed by atoms with Crippen LogP contribution in [0.25, 0.3) is 0 Å². The Morgan fingerprint density at radius 3 is 2.43 bits per heavy atom. The van der Waals surface area contributed by atoms with Crippen molar-refractivity contribution in [3.8, 4) is 0 Å². The molecule has 0 saturated heterocycles. The third-order valence-corrected chi connectivity index (χ3v) is 5.27. The van der Waals surface area contributed by atoms with Crippen LogP contribution in [0, 0.1) is 0 Å². The number of imide groups is 1. The topological polar surface area (TPSA) is 63.7 Å². The lowest BCUT2D eigenvalue weighted by Gasteiger charge is -2.23. The van der Waals surface area contributed by atoms with Gasteiger partial charge in [0.2, 0.25) is 0 Å². The van der Waals surface area contributed by atoms with E-state index in [9.17, 15) is 14.4 Å². The molecule has 0 unspecified atom stereocenters. The van der Waals surface area contributed by atoms with Gasteiger partial charge in [-0.1, -0.05) is 42.4 Å². The zero-order valence-electron chi connectivity index (χ0n) is 12.1. The molecule has 0 aromatic carbocycles. The summed E-state index contributed by atoms with van der Waals surface area (Å²) in [5.74, 6) is -1.10. The van der Waals surface area contributed by atoms with Crippen molar-refractivity contribution in [1.29, 1.82) is 0 Å². The van der Waals surface area contributed by atoms with Crippen LogP contribution in [0.5, 0.6) is 0 Å². The summed E-state index contributed by atoms with van der Waals surface area (Å²) in [6.45, 7) is 5.38. The fraction of sp³-hybridized carbons (Fsp3) is 0.538. The molecular formula is C13H17NO4S3. The quantitative estimate of drug-likeness (QED) is 0.416. The van der Waals surface area contributed by atoms with Crippen molar-refractivity contribution >= 4 is 57.1 Å². The van der Waals surface area contributed by atoms with Crippen LogP contribution >= 0.6 is 35.7 Å². The first-order valence-corrected chi connectivity index (χ1v) is 8.63. The fourth-order valence-corrected chi connectivity index (χ4v) is 4.37. The molecule has 0 atom stereocenters. The summed E-state index contributed by atoms with van der Waals surface area (Å²) in [5.41, 5.74) is 0. The molecular weight excluding hydrogens is 330 g/mol. The Bertz CT molecular complexity index is 470. The lowest BCUT2D eigenvalue weighted by atomic mass is 10.2. The van der Waals surface area contributed by atoms with Crippen molar-refractivity contribution in [1.82, 2.24) is 5.06 Å². The maximum Gasteiger partial charge on any atom is 0.348 e. The van der Waals surface area contributed by atoms with Crippen LogP contribution in [0.15, 0.2) is 12.2 Å². The van der Waals surface area contributed by atoms with Crippen LogP contribution in [0.4, 0.5) is 0 Å². The molecule has 0 spiro atoms. The predicted octanol–water partition coefficient (Wildman–Crippen LogP) is 2.70. The first kappa shape index (κ1) is 18.2. The van der Waals surface area contributed by atoms with Gasteiger partial charge < -0.3 is 4.84 Å². The van der Waals surface area contributed by atoms with E-state index in [0.29, 0.717) is 8.59 Å². The first-order valence-electron chi connectivity index (χ1n) is 6.42. The minimum atomic E-state index is -0.973. The van der Waals surface area contributed by atoms with E-state index in [0.717, 1.165) is 30.7 Å². The second-order valence-electron chi connectivity index (χ2n) is 4.75. The lowest BCUT2D eigenvalue weighted by molar-refractivity contribution is -0.197. The number of unbranched alkanes of at least 4 members (excludes halogenated alkanes) is 1. The van der Waals surface area contributed by atoms with Crippen LogP contribution in [0.3, 0.4) is 0 Å². The van der Waals surface area contributed by atoms with Gasteiger partial charge in [-0.25, -0.2) is 4.79 Å². The maximum absolute atomic E-state index is 12.1. The summed E-state index contributed by atoms with van der Waals surface area (Å²) in [7, 11) is 0. The largest absolute Gasteiger partial charge is 0.348 e. The maximum atomic E-state index is 12.1. The summed E-state index contributed by atoms with van der Waals surface area (Å²) in [5, 5.41) is 0.456. The molecule has 8 heteroatoms. The van der Waals surface area contributed by atoms with Crippen molar-refractivity contribution in [3.05, 3.63) is 12.2 Å². The highest BCUT2D eigenvalue weighted by atomic mass is 32.2. The Morgan fingerprint density at radius 1 is 1.33 bits per heavy atom. The monoisotopic (exact) mass is 347 g/mol. The van der Waals surface area contributed by atoms with Crippen LogP contribution in [-0.4, -0.2) is 36.9 Å². The van der Waals surface area contributed by atoms with Crippen molar-refractivity contribution in [2.75, 3.05) is 5.75 Å². The molecule has 0 aromatic heterocycles. The second kappa shape index (κ2) is 7.95. The molecule has 2 amide bonds. The van der Waals surface area contributed by atoms with E-state index in [1.165, 1.54) is 23.5 Å². The van der Waals surface area contributed by atoms with Crippen molar-refractivity contribution in [2.24, 2.45) is 0 Å². The van der Waals surface area contributed by atoms with Gasteiger partial charge in [-0.2, -0.15) is 0 Å². The first-order chi connectivity index (χ1) is 9.77. The number of thiocarbonyl (C=S) groups is 1. The van der Waals surface area contributed by atoms with E-state index in [4.69, 9.17) is 17.1 Å². The van der Waals surface area contributed by atoms with Crippen molar-refractivity contribution in [2.45, 2.75) is 38.4 Å². The van der Waals surface area contributed by atoms with Gasteiger partial charge in [-0.15, -0.1) is 11.8 Å². The van der Waals surface area contributed by atoms with Crippen molar-refractivity contribution < 1.29 is 19.2 Å². The van der Waals surface area contributed by atoms with E-state index < -0.39 is 22.5 Å². The number of rotatable bonds is 6. The molecule has 21 heavy (non-hydrogen) atoms. The normalized spacial score (nSPS) is 14.7. The number of carbonyl (C=O) groups is 3. The Kier molecular flexibility index (Phi) is 6.89. The highest BCUT2D eigenvalue weighted by molar-refractivity contribution is 8.47. The molecule has 1 aliphatic heterocycles. The van der Waals surface area contributed by atoms with Gasteiger partial charge in [0.05, 0.1) is 0 Å². The van der Waals surface area contributed by atoms with Crippen LogP contribution in [0.1, 0.15) is 33.6 Å². The molecule has 1 rings (SSSR count). The Labute approximate surface area is 137 Å². The summed E-state index contributed by atoms with van der Waals surface area (Å²) in [6, 6.07) is 0. The van der Waals surface area contributed by atoms with E-state index >= 15 is 0 Å². The van der Waals surface area contributed by atoms with Gasteiger partial charge >= 0.3 is 5.97 Å². The molecule has 1 heterocycles. The fourth-order valence-electron chi connectivity index (χ4n) is 1.25. The van der Waals surface area contributed by atoms with Crippen LogP contribution in [0.2, 0.25) is 0 Å². The molecule has 0 aliphatic carbocycles. The van der Waals surface area contributed by atoms with Crippen LogP contribution in [-0.2, 0) is 19.2 Å². The molecule has 0 radical (unpaired) electrons. The average molecular weight is 347 g/mol. The van der Waals surface area contributed by atoms with Gasteiger partial charge in [0.25, 0.3) is 11.8 Å². The van der Waals surface area contributed by atoms with E-state index in [1.54, 1.807) is 13.8 Å². The zero-order chi connectivity index (χ0) is 16.0. The van der Waals surface area contributed by atoms with Crippen molar-refractivity contribution in [3.63, 3.8) is 0 Å². The van der Waals surface area contributed by atoms with E-state index in [2.05, 4.69) is 6.92 Å². The number of hydrogen-bond donors (Lipinski definition) is 0. The van der Waals surface area contributed by atoms with Gasteiger partial charge in [-0.05, 0) is 26.0 Å². The van der Waals surface area contributed by atoms with E-state index in [-0.39, 0.29) is 0 Å². The molecule has 116 valence electrons. The van der Waals surface area contributed by atoms with E-state index in [1.807, 2.05) is 0 Å². The molecule has 0 fully saturated rings.